The molecule has 1 aromatic rings. The molecule has 0 aliphatic heterocycles. The van der Waals surface area contributed by atoms with Crippen LogP contribution in [0.1, 0.15) is 12.6 Å². The summed E-state index contributed by atoms with van der Waals surface area (Å²) in [4.78, 5) is 7.06. The fraction of sp³-hybridized carbons (Fsp3) is 0.500. The molecular weight excluding hydrogens is 228 g/mol. The molecule has 0 saturated heterocycles. The van der Waals surface area contributed by atoms with Crippen LogP contribution < -0.4 is 4.90 Å². The maximum absolute atomic E-state index is 4.43. The molecule has 0 saturated carbocycles. The number of anilines is 1. The van der Waals surface area contributed by atoms with Gasteiger partial charge in [-0.15, -0.1) is 0 Å². The number of pyridine rings is 1. The fourth-order valence-electron chi connectivity index (χ4n) is 1.21. The molecule has 1 aromatic heterocycles. The minimum atomic E-state index is 0.486. The summed E-state index contributed by atoms with van der Waals surface area (Å²) >= 11 is 3.52. The number of nitrogens with zero attached hydrogens (tertiary/aromatic N) is 2. The van der Waals surface area contributed by atoms with Gasteiger partial charge < -0.3 is 4.90 Å². The highest BCUT2D eigenvalue weighted by Gasteiger charge is 2.04. The molecule has 0 amide bonds. The molecule has 0 spiro atoms. The van der Waals surface area contributed by atoms with Gasteiger partial charge >= 0.3 is 0 Å². The van der Waals surface area contributed by atoms with Gasteiger partial charge in [0.15, 0.2) is 0 Å². The summed E-state index contributed by atoms with van der Waals surface area (Å²) in [6, 6.07) is 6.07. The Kier molecular flexibility index (Phi) is 3.72. The lowest BCUT2D eigenvalue weighted by molar-refractivity contribution is 0.857. The van der Waals surface area contributed by atoms with Crippen LogP contribution in [-0.4, -0.2) is 23.4 Å². The zero-order chi connectivity index (χ0) is 9.84. The number of halogens is 1. The van der Waals surface area contributed by atoms with Gasteiger partial charge in [-0.3, -0.25) is 0 Å². The van der Waals surface area contributed by atoms with Crippen molar-refractivity contribution in [3.8, 4) is 0 Å². The first-order chi connectivity index (χ1) is 6.09. The Balaban J connectivity index is 2.71. The van der Waals surface area contributed by atoms with Gasteiger partial charge in [0.1, 0.15) is 5.82 Å². The number of alkyl halides is 1. The number of aromatic nitrogens is 1. The molecule has 0 radical (unpaired) electrons. The van der Waals surface area contributed by atoms with E-state index in [2.05, 4.69) is 39.8 Å². The maximum atomic E-state index is 4.43. The monoisotopic (exact) mass is 242 g/mol. The average molecular weight is 243 g/mol. The Morgan fingerprint density at radius 1 is 1.54 bits per heavy atom. The van der Waals surface area contributed by atoms with E-state index in [1.807, 2.05) is 25.1 Å². The summed E-state index contributed by atoms with van der Waals surface area (Å²) in [6.45, 7) is 5.11. The first-order valence-corrected chi connectivity index (χ1v) is 5.30. The average Bonchev–Trinajstić information content (AvgIpc) is 2.03. The van der Waals surface area contributed by atoms with Gasteiger partial charge in [0.25, 0.3) is 0 Å². The van der Waals surface area contributed by atoms with Gasteiger partial charge in [0.05, 0.1) is 0 Å². The Bertz CT molecular complexity index is 273. The van der Waals surface area contributed by atoms with Crippen LogP contribution in [0, 0.1) is 6.92 Å². The SMILES string of the molecule is Cc1cccc(N(C)CC(C)Br)n1. The quantitative estimate of drug-likeness (QED) is 0.758. The maximum Gasteiger partial charge on any atom is 0.128 e. The molecule has 1 atom stereocenters. The Morgan fingerprint density at radius 2 is 2.23 bits per heavy atom. The molecule has 0 bridgehead atoms. The predicted octanol–water partition coefficient (Wildman–Crippen LogP) is 2.61. The normalized spacial score (nSPS) is 12.6. The predicted molar refractivity (Wildman–Crippen MR) is 60.6 cm³/mol. The van der Waals surface area contributed by atoms with E-state index in [0.717, 1.165) is 18.1 Å². The number of hydrogen-bond acceptors (Lipinski definition) is 2. The molecule has 3 heteroatoms. The van der Waals surface area contributed by atoms with E-state index in [0.29, 0.717) is 4.83 Å². The zero-order valence-corrected chi connectivity index (χ0v) is 9.87. The van der Waals surface area contributed by atoms with Gasteiger partial charge in [0, 0.05) is 24.1 Å². The third-order valence-electron chi connectivity index (χ3n) is 1.79. The van der Waals surface area contributed by atoms with Gasteiger partial charge in [-0.05, 0) is 19.1 Å². The van der Waals surface area contributed by atoms with Crippen LogP contribution in [-0.2, 0) is 0 Å². The zero-order valence-electron chi connectivity index (χ0n) is 8.29. The van der Waals surface area contributed by atoms with E-state index in [4.69, 9.17) is 0 Å². The molecule has 1 unspecified atom stereocenters. The Hall–Kier alpha value is -0.570. The van der Waals surface area contributed by atoms with E-state index >= 15 is 0 Å². The van der Waals surface area contributed by atoms with E-state index in [9.17, 15) is 0 Å². The number of rotatable bonds is 3. The van der Waals surface area contributed by atoms with Crippen molar-refractivity contribution in [1.29, 1.82) is 0 Å². The second-order valence-corrected chi connectivity index (χ2v) is 4.86. The first-order valence-electron chi connectivity index (χ1n) is 4.38. The molecule has 2 nitrogen and oxygen atoms in total. The third-order valence-corrected chi connectivity index (χ3v) is 2.08. The van der Waals surface area contributed by atoms with Gasteiger partial charge in [-0.25, -0.2) is 4.98 Å². The van der Waals surface area contributed by atoms with Gasteiger partial charge in [-0.1, -0.05) is 28.9 Å². The summed E-state index contributed by atoms with van der Waals surface area (Å²) < 4.78 is 0. The highest BCUT2D eigenvalue weighted by Crippen LogP contribution is 2.11. The fourth-order valence-corrected chi connectivity index (χ4v) is 1.65. The van der Waals surface area contributed by atoms with Crippen molar-refractivity contribution in [2.75, 3.05) is 18.5 Å². The first kappa shape index (κ1) is 10.5. The summed E-state index contributed by atoms with van der Waals surface area (Å²) in [5.74, 6) is 1.03. The summed E-state index contributed by atoms with van der Waals surface area (Å²) in [5.41, 5.74) is 1.06. The topological polar surface area (TPSA) is 16.1 Å². The molecule has 0 aromatic carbocycles. The van der Waals surface area contributed by atoms with Crippen molar-refractivity contribution in [2.45, 2.75) is 18.7 Å². The van der Waals surface area contributed by atoms with Crippen molar-refractivity contribution in [2.24, 2.45) is 0 Å². The molecule has 0 aliphatic carbocycles. The van der Waals surface area contributed by atoms with Gasteiger partial charge in [0.2, 0.25) is 0 Å². The summed E-state index contributed by atoms with van der Waals surface area (Å²) in [5, 5.41) is 0. The summed E-state index contributed by atoms with van der Waals surface area (Å²) in [7, 11) is 2.06. The minimum absolute atomic E-state index is 0.486. The number of aryl methyl sites for hydroxylation is 1. The highest BCUT2D eigenvalue weighted by atomic mass is 79.9. The molecule has 13 heavy (non-hydrogen) atoms. The summed E-state index contributed by atoms with van der Waals surface area (Å²) in [6.07, 6.45) is 0. The standard InChI is InChI=1S/C10H15BrN2/c1-8(11)7-13(3)10-6-4-5-9(2)12-10/h4-6,8H,7H2,1-3H3. The lowest BCUT2D eigenvalue weighted by atomic mass is 10.3. The Labute approximate surface area is 88.1 Å². The van der Waals surface area contributed by atoms with Crippen molar-refractivity contribution in [3.05, 3.63) is 23.9 Å². The van der Waals surface area contributed by atoms with Crippen LogP contribution >= 0.6 is 15.9 Å². The lowest BCUT2D eigenvalue weighted by Crippen LogP contribution is -2.24. The highest BCUT2D eigenvalue weighted by molar-refractivity contribution is 9.09. The molecule has 0 fully saturated rings. The molecule has 0 N–H and O–H groups in total. The van der Waals surface area contributed by atoms with Crippen LogP contribution in [0.15, 0.2) is 18.2 Å². The van der Waals surface area contributed by atoms with Crippen molar-refractivity contribution in [3.63, 3.8) is 0 Å². The second-order valence-electron chi connectivity index (χ2n) is 3.30. The largest absolute Gasteiger partial charge is 0.359 e. The number of hydrogen-bond donors (Lipinski definition) is 0. The van der Waals surface area contributed by atoms with Crippen molar-refractivity contribution >= 4 is 21.7 Å². The van der Waals surface area contributed by atoms with E-state index in [1.165, 1.54) is 0 Å². The van der Waals surface area contributed by atoms with Crippen LogP contribution in [0.5, 0.6) is 0 Å². The van der Waals surface area contributed by atoms with E-state index in [1.54, 1.807) is 0 Å². The molecule has 1 heterocycles. The molecular formula is C10H15BrN2. The van der Waals surface area contributed by atoms with E-state index in [-0.39, 0.29) is 0 Å². The molecule has 0 aliphatic rings. The molecule has 72 valence electrons. The van der Waals surface area contributed by atoms with Crippen LogP contribution in [0.2, 0.25) is 0 Å². The smallest absolute Gasteiger partial charge is 0.128 e. The Morgan fingerprint density at radius 3 is 2.77 bits per heavy atom. The lowest BCUT2D eigenvalue weighted by Gasteiger charge is -2.19. The van der Waals surface area contributed by atoms with Crippen molar-refractivity contribution < 1.29 is 0 Å². The van der Waals surface area contributed by atoms with Gasteiger partial charge in [-0.2, -0.15) is 0 Å². The molecule has 1 rings (SSSR count). The third kappa shape index (κ3) is 3.35. The van der Waals surface area contributed by atoms with Crippen molar-refractivity contribution in [1.82, 2.24) is 4.98 Å². The van der Waals surface area contributed by atoms with Crippen LogP contribution in [0.4, 0.5) is 5.82 Å². The second kappa shape index (κ2) is 4.61. The minimum Gasteiger partial charge on any atom is -0.359 e. The van der Waals surface area contributed by atoms with E-state index < -0.39 is 0 Å². The van der Waals surface area contributed by atoms with Crippen LogP contribution in [0.25, 0.3) is 0 Å². The van der Waals surface area contributed by atoms with Crippen LogP contribution in [0.3, 0.4) is 0 Å².